The summed E-state index contributed by atoms with van der Waals surface area (Å²) in [6, 6.07) is 4.76. The van der Waals surface area contributed by atoms with Gasteiger partial charge in [0.25, 0.3) is 0 Å². The molecule has 1 aromatic carbocycles. The maximum Gasteiger partial charge on any atom is 0.220 e. The zero-order chi connectivity index (χ0) is 13.1. The monoisotopic (exact) mass is 302 g/mol. The fourth-order valence-corrected chi connectivity index (χ4v) is 2.46. The summed E-state index contributed by atoms with van der Waals surface area (Å²) in [5, 5.41) is 8.66. The summed E-state index contributed by atoms with van der Waals surface area (Å²) in [5.74, 6) is 0.293. The molecule has 94 valence electrons. The minimum Gasteiger partial charge on any atom is -0.368 e. The van der Waals surface area contributed by atoms with Crippen molar-refractivity contribution in [2.24, 2.45) is 0 Å². The van der Waals surface area contributed by atoms with Crippen LogP contribution in [-0.4, -0.2) is 26.7 Å². The third-order valence-electron chi connectivity index (χ3n) is 2.06. The van der Waals surface area contributed by atoms with Crippen molar-refractivity contribution < 1.29 is 4.79 Å². The van der Waals surface area contributed by atoms with E-state index in [0.717, 1.165) is 0 Å². The minimum absolute atomic E-state index is 0.114. The van der Waals surface area contributed by atoms with Gasteiger partial charge in [-0.1, -0.05) is 35.0 Å². The molecule has 0 aliphatic carbocycles. The first-order valence-electron chi connectivity index (χ1n) is 4.85. The number of hydrogen-bond acceptors (Lipinski definition) is 5. The van der Waals surface area contributed by atoms with Crippen molar-refractivity contribution in [3.63, 3.8) is 0 Å². The molecule has 18 heavy (non-hydrogen) atoms. The van der Waals surface area contributed by atoms with E-state index in [9.17, 15) is 4.79 Å². The highest BCUT2D eigenvalue weighted by Crippen LogP contribution is 2.23. The van der Waals surface area contributed by atoms with Crippen molar-refractivity contribution in [3.05, 3.63) is 33.8 Å². The van der Waals surface area contributed by atoms with Crippen molar-refractivity contribution in [1.82, 2.24) is 15.2 Å². The van der Waals surface area contributed by atoms with Crippen LogP contribution in [0.3, 0.4) is 0 Å². The first-order valence-corrected chi connectivity index (χ1v) is 6.59. The number of nitrogens with one attached hydrogen (secondary N) is 1. The van der Waals surface area contributed by atoms with Gasteiger partial charge in [-0.05, 0) is 18.2 Å². The molecule has 2 rings (SSSR count). The number of aromatic nitrogens is 3. The maximum absolute atomic E-state index is 11.9. The van der Waals surface area contributed by atoms with Gasteiger partial charge in [0.15, 0.2) is 10.9 Å². The molecule has 8 heteroatoms. The summed E-state index contributed by atoms with van der Waals surface area (Å²) >= 11 is 12.9. The highest BCUT2D eigenvalue weighted by atomic mass is 35.5. The number of hydrogen-bond donors (Lipinski definition) is 2. The average Bonchev–Trinajstić information content (AvgIpc) is 2.72. The second-order valence-electron chi connectivity index (χ2n) is 3.35. The van der Waals surface area contributed by atoms with Crippen molar-refractivity contribution in [2.45, 2.75) is 5.16 Å². The van der Waals surface area contributed by atoms with Crippen LogP contribution in [0.25, 0.3) is 0 Å². The Morgan fingerprint density at radius 3 is 2.78 bits per heavy atom. The van der Waals surface area contributed by atoms with Crippen LogP contribution in [0, 0.1) is 0 Å². The second kappa shape index (κ2) is 5.60. The quantitative estimate of drug-likeness (QED) is 0.670. The lowest BCUT2D eigenvalue weighted by molar-refractivity contribution is 0.102. The minimum atomic E-state index is -0.114. The lowest BCUT2D eigenvalue weighted by atomic mass is 10.1. The number of nitrogens with zero attached hydrogens (tertiary/aromatic N) is 2. The molecule has 0 saturated heterocycles. The average molecular weight is 303 g/mol. The first kappa shape index (κ1) is 13.2. The van der Waals surface area contributed by atoms with Gasteiger partial charge in [-0.25, -0.2) is 0 Å². The summed E-state index contributed by atoms with van der Waals surface area (Å²) in [5.41, 5.74) is 5.81. The molecule has 0 atom stereocenters. The van der Waals surface area contributed by atoms with Gasteiger partial charge in [0.2, 0.25) is 5.95 Å². The molecule has 5 nitrogen and oxygen atoms in total. The topological polar surface area (TPSA) is 84.7 Å². The van der Waals surface area contributed by atoms with Gasteiger partial charge in [0, 0.05) is 10.6 Å². The second-order valence-corrected chi connectivity index (χ2v) is 5.16. The Kier molecular flexibility index (Phi) is 4.11. The largest absolute Gasteiger partial charge is 0.368 e. The van der Waals surface area contributed by atoms with E-state index in [1.165, 1.54) is 17.8 Å². The molecular weight excluding hydrogens is 295 g/mol. The molecule has 0 radical (unpaired) electrons. The highest BCUT2D eigenvalue weighted by Gasteiger charge is 2.12. The number of rotatable bonds is 4. The Bertz CT molecular complexity index is 587. The number of carbonyl (C=O) groups is 1. The van der Waals surface area contributed by atoms with Gasteiger partial charge >= 0.3 is 0 Å². The normalized spacial score (nSPS) is 10.6. The Labute approximate surface area is 117 Å². The third kappa shape index (κ3) is 3.16. The molecule has 1 aromatic heterocycles. The Morgan fingerprint density at radius 2 is 2.17 bits per heavy atom. The predicted octanol–water partition coefficient (Wildman–Crippen LogP) is 2.67. The van der Waals surface area contributed by atoms with Crippen LogP contribution in [-0.2, 0) is 0 Å². The first-order chi connectivity index (χ1) is 8.56. The molecule has 1 heterocycles. The van der Waals surface area contributed by atoms with E-state index in [1.807, 2.05) is 0 Å². The molecule has 0 aliphatic heterocycles. The fraction of sp³-hybridized carbons (Fsp3) is 0.100. The summed E-state index contributed by atoms with van der Waals surface area (Å²) in [7, 11) is 0. The molecule has 0 unspecified atom stereocenters. The number of nitrogen functional groups attached to an aromatic ring is 1. The number of halogens is 2. The lowest BCUT2D eigenvalue weighted by Gasteiger charge is -2.02. The van der Waals surface area contributed by atoms with E-state index in [2.05, 4.69) is 15.2 Å². The number of nitrogens with two attached hydrogens (primary N) is 1. The van der Waals surface area contributed by atoms with Crippen LogP contribution in [0.15, 0.2) is 23.4 Å². The van der Waals surface area contributed by atoms with Crippen molar-refractivity contribution in [2.75, 3.05) is 11.5 Å². The summed E-state index contributed by atoms with van der Waals surface area (Å²) in [4.78, 5) is 14.6. The van der Waals surface area contributed by atoms with Crippen LogP contribution in [0.4, 0.5) is 5.95 Å². The van der Waals surface area contributed by atoms with E-state index < -0.39 is 0 Å². The number of aromatic amines is 1. The molecule has 0 fully saturated rings. The molecule has 0 aliphatic rings. The highest BCUT2D eigenvalue weighted by molar-refractivity contribution is 7.99. The molecular formula is C10H8Cl2N4OS. The van der Waals surface area contributed by atoms with Gasteiger partial charge in [0.1, 0.15) is 0 Å². The Morgan fingerprint density at radius 1 is 1.39 bits per heavy atom. The van der Waals surface area contributed by atoms with E-state index in [4.69, 9.17) is 28.9 Å². The zero-order valence-corrected chi connectivity index (χ0v) is 11.3. The van der Waals surface area contributed by atoms with Gasteiger partial charge in [-0.3, -0.25) is 4.79 Å². The van der Waals surface area contributed by atoms with E-state index in [-0.39, 0.29) is 17.5 Å². The van der Waals surface area contributed by atoms with E-state index >= 15 is 0 Å². The van der Waals surface area contributed by atoms with Crippen LogP contribution < -0.4 is 5.73 Å². The van der Waals surface area contributed by atoms with Crippen LogP contribution >= 0.6 is 35.0 Å². The standard InChI is InChI=1S/C10H8Cl2N4OS/c11-5-1-2-6(7(12)3-5)8(17)4-18-10-14-9(13)15-16-10/h1-3H,4H2,(H3,13,14,15,16). The maximum atomic E-state index is 11.9. The zero-order valence-electron chi connectivity index (χ0n) is 8.98. The van der Waals surface area contributed by atoms with Gasteiger partial charge in [0.05, 0.1) is 10.8 Å². The molecule has 3 N–H and O–H groups in total. The number of anilines is 1. The smallest absolute Gasteiger partial charge is 0.220 e. The molecule has 0 amide bonds. The van der Waals surface area contributed by atoms with E-state index in [1.54, 1.807) is 12.1 Å². The summed E-state index contributed by atoms with van der Waals surface area (Å²) < 4.78 is 0. The summed E-state index contributed by atoms with van der Waals surface area (Å²) in [6.07, 6.45) is 0. The fourth-order valence-electron chi connectivity index (χ4n) is 1.25. The lowest BCUT2D eigenvalue weighted by Crippen LogP contribution is -2.03. The number of thioether (sulfide) groups is 1. The van der Waals surface area contributed by atoms with Gasteiger partial charge < -0.3 is 10.7 Å². The Hall–Kier alpha value is -1.24. The number of benzene rings is 1. The molecule has 0 bridgehead atoms. The number of H-pyrrole nitrogens is 1. The molecule has 0 saturated carbocycles. The van der Waals surface area contributed by atoms with Crippen molar-refractivity contribution in [1.29, 1.82) is 0 Å². The van der Waals surface area contributed by atoms with Crippen molar-refractivity contribution in [3.8, 4) is 0 Å². The van der Waals surface area contributed by atoms with Crippen LogP contribution in [0.2, 0.25) is 10.0 Å². The van der Waals surface area contributed by atoms with E-state index in [0.29, 0.717) is 20.8 Å². The number of ketones is 1. The SMILES string of the molecule is Nc1nnc(SCC(=O)c2ccc(Cl)cc2Cl)[nH]1. The van der Waals surface area contributed by atoms with Crippen LogP contribution in [0.5, 0.6) is 0 Å². The number of carbonyl (C=O) groups excluding carboxylic acids is 1. The van der Waals surface area contributed by atoms with Gasteiger partial charge in [-0.15, -0.1) is 10.2 Å². The number of Topliss-reactive ketones (excluding diaryl/α,β-unsaturated/α-hetero) is 1. The van der Waals surface area contributed by atoms with Crippen molar-refractivity contribution >= 4 is 46.7 Å². The Balaban J connectivity index is 2.03. The molecule has 2 aromatic rings. The van der Waals surface area contributed by atoms with Gasteiger partial charge in [-0.2, -0.15) is 0 Å². The third-order valence-corrected chi connectivity index (χ3v) is 3.47. The molecule has 0 spiro atoms. The van der Waals surface area contributed by atoms with Crippen LogP contribution in [0.1, 0.15) is 10.4 Å². The summed E-state index contributed by atoms with van der Waals surface area (Å²) in [6.45, 7) is 0. The predicted molar refractivity (Wildman–Crippen MR) is 72.3 cm³/mol.